The molecule has 1 unspecified atom stereocenters. The summed E-state index contributed by atoms with van der Waals surface area (Å²) in [6.07, 6.45) is 12.7. The molecule has 0 saturated carbocycles. The van der Waals surface area contributed by atoms with E-state index >= 15 is 0 Å². The normalized spacial score (nSPS) is 22.5. The molecule has 0 bridgehead atoms. The highest BCUT2D eigenvalue weighted by Crippen LogP contribution is 2.33. The van der Waals surface area contributed by atoms with Gasteiger partial charge in [0.25, 0.3) is 0 Å². The zero-order chi connectivity index (χ0) is 13.1. The molecule has 0 fully saturated rings. The van der Waals surface area contributed by atoms with Crippen LogP contribution in [0.2, 0.25) is 0 Å². The number of hydrogen-bond donors (Lipinski definition) is 0. The van der Waals surface area contributed by atoms with Crippen LogP contribution in [0.4, 0.5) is 0 Å². The lowest BCUT2D eigenvalue weighted by Crippen LogP contribution is -2.20. The van der Waals surface area contributed by atoms with Crippen molar-refractivity contribution in [1.82, 2.24) is 4.98 Å². The van der Waals surface area contributed by atoms with Gasteiger partial charge in [-0.15, -0.1) is 0 Å². The van der Waals surface area contributed by atoms with Crippen LogP contribution in [0.3, 0.4) is 0 Å². The van der Waals surface area contributed by atoms with Crippen molar-refractivity contribution in [2.45, 2.75) is 57.3 Å². The maximum absolute atomic E-state index is 12.5. The number of carbonyl (C=O) groups is 1. The Hall–Kier alpha value is -1.44. The lowest BCUT2D eigenvalue weighted by molar-refractivity contribution is -0.120. The van der Waals surface area contributed by atoms with E-state index in [4.69, 9.17) is 0 Å². The molecule has 19 heavy (non-hydrogen) atoms. The number of allylic oxidation sites excluding steroid dienone is 2. The Morgan fingerprint density at radius 3 is 3.05 bits per heavy atom. The lowest BCUT2D eigenvalue weighted by atomic mass is 9.81. The molecule has 0 N–H and O–H groups in total. The van der Waals surface area contributed by atoms with Crippen molar-refractivity contribution in [3.05, 3.63) is 41.2 Å². The van der Waals surface area contributed by atoms with Gasteiger partial charge in [0, 0.05) is 12.6 Å². The first-order chi connectivity index (χ1) is 9.34. The van der Waals surface area contributed by atoms with Gasteiger partial charge in [0.1, 0.15) is 5.78 Å². The summed E-state index contributed by atoms with van der Waals surface area (Å²) in [5.41, 5.74) is 3.69. The molecule has 2 nitrogen and oxygen atoms in total. The van der Waals surface area contributed by atoms with Gasteiger partial charge in [-0.05, 0) is 56.6 Å². The second-order valence-electron chi connectivity index (χ2n) is 5.74. The molecule has 0 saturated heterocycles. The molecule has 2 heteroatoms. The Bertz CT molecular complexity index is 504. The van der Waals surface area contributed by atoms with Crippen molar-refractivity contribution < 1.29 is 4.79 Å². The first-order valence-corrected chi connectivity index (χ1v) is 7.49. The highest BCUT2D eigenvalue weighted by atomic mass is 16.1. The van der Waals surface area contributed by atoms with E-state index < -0.39 is 0 Å². The molecule has 0 amide bonds. The van der Waals surface area contributed by atoms with Crippen LogP contribution in [0.15, 0.2) is 30.0 Å². The van der Waals surface area contributed by atoms with E-state index in [1.54, 1.807) is 0 Å². The number of Topliss-reactive ketones (excluding diaryl/α,β-unsaturated/α-hetero) is 1. The van der Waals surface area contributed by atoms with Crippen molar-refractivity contribution in [1.29, 1.82) is 0 Å². The number of fused-ring (bicyclic) bond motifs is 1. The third-order valence-corrected chi connectivity index (χ3v) is 4.37. The van der Waals surface area contributed by atoms with Crippen LogP contribution >= 0.6 is 0 Å². The number of rotatable bonds is 3. The summed E-state index contributed by atoms with van der Waals surface area (Å²) in [6, 6.07) is 4.11. The average molecular weight is 255 g/mol. The molecular formula is C17H21NO. The standard InChI is InChI=1S/C17H21NO/c19-16(12-13-6-2-1-3-7-13)15-10-4-8-14-9-5-11-18-17(14)15/h5-6,9,11,15H,1-4,7-8,10,12H2. The summed E-state index contributed by atoms with van der Waals surface area (Å²) in [5, 5.41) is 0. The van der Waals surface area contributed by atoms with Gasteiger partial charge in [0.2, 0.25) is 0 Å². The van der Waals surface area contributed by atoms with Crippen LogP contribution in [0, 0.1) is 0 Å². The quantitative estimate of drug-likeness (QED) is 0.765. The highest BCUT2D eigenvalue weighted by molar-refractivity contribution is 5.87. The van der Waals surface area contributed by atoms with Crippen LogP contribution < -0.4 is 0 Å². The van der Waals surface area contributed by atoms with E-state index in [1.165, 1.54) is 24.0 Å². The lowest BCUT2D eigenvalue weighted by Gasteiger charge is -2.24. The summed E-state index contributed by atoms with van der Waals surface area (Å²) in [6.45, 7) is 0. The number of aromatic nitrogens is 1. The minimum absolute atomic E-state index is 0.0489. The van der Waals surface area contributed by atoms with Gasteiger partial charge in [-0.1, -0.05) is 17.7 Å². The minimum Gasteiger partial charge on any atom is -0.299 e. The zero-order valence-electron chi connectivity index (χ0n) is 11.4. The van der Waals surface area contributed by atoms with Crippen molar-refractivity contribution in [2.75, 3.05) is 0 Å². The summed E-state index contributed by atoms with van der Waals surface area (Å²) < 4.78 is 0. The van der Waals surface area contributed by atoms with Crippen molar-refractivity contribution >= 4 is 5.78 Å². The Morgan fingerprint density at radius 1 is 1.26 bits per heavy atom. The van der Waals surface area contributed by atoms with E-state index in [0.29, 0.717) is 12.2 Å². The maximum Gasteiger partial charge on any atom is 0.145 e. The molecule has 0 spiro atoms. The fraction of sp³-hybridized carbons (Fsp3) is 0.529. The third kappa shape index (κ3) is 2.78. The molecule has 2 aliphatic carbocycles. The summed E-state index contributed by atoms with van der Waals surface area (Å²) in [5.74, 6) is 0.431. The number of ketones is 1. The van der Waals surface area contributed by atoms with Gasteiger partial charge in [-0.3, -0.25) is 9.78 Å². The smallest absolute Gasteiger partial charge is 0.145 e. The van der Waals surface area contributed by atoms with Gasteiger partial charge in [0.05, 0.1) is 11.6 Å². The monoisotopic (exact) mass is 255 g/mol. The molecule has 2 aliphatic rings. The first kappa shape index (κ1) is 12.6. The van der Waals surface area contributed by atoms with Crippen molar-refractivity contribution in [3.63, 3.8) is 0 Å². The number of aryl methyl sites for hydroxylation is 1. The number of hydrogen-bond acceptors (Lipinski definition) is 2. The second kappa shape index (κ2) is 5.68. The molecule has 0 radical (unpaired) electrons. The molecule has 0 aromatic carbocycles. The number of carbonyl (C=O) groups excluding carboxylic acids is 1. The average Bonchev–Trinajstić information content (AvgIpc) is 2.47. The van der Waals surface area contributed by atoms with Crippen LogP contribution in [-0.4, -0.2) is 10.8 Å². The Kier molecular flexibility index (Phi) is 3.77. The molecule has 1 aromatic heterocycles. The second-order valence-corrected chi connectivity index (χ2v) is 5.74. The van der Waals surface area contributed by atoms with E-state index in [9.17, 15) is 4.79 Å². The Balaban J connectivity index is 1.75. The van der Waals surface area contributed by atoms with Gasteiger partial charge in [-0.25, -0.2) is 0 Å². The predicted octanol–water partition coefficient (Wildman–Crippen LogP) is 3.96. The van der Waals surface area contributed by atoms with Crippen molar-refractivity contribution in [2.24, 2.45) is 0 Å². The van der Waals surface area contributed by atoms with Gasteiger partial charge < -0.3 is 0 Å². The van der Waals surface area contributed by atoms with Crippen LogP contribution in [0.5, 0.6) is 0 Å². The first-order valence-electron chi connectivity index (χ1n) is 7.49. The minimum atomic E-state index is 0.0489. The number of pyridine rings is 1. The fourth-order valence-corrected chi connectivity index (χ4v) is 3.34. The van der Waals surface area contributed by atoms with Crippen LogP contribution in [-0.2, 0) is 11.2 Å². The molecule has 1 heterocycles. The molecule has 100 valence electrons. The summed E-state index contributed by atoms with van der Waals surface area (Å²) in [4.78, 5) is 17.0. The maximum atomic E-state index is 12.5. The van der Waals surface area contributed by atoms with E-state index in [2.05, 4.69) is 17.1 Å². The predicted molar refractivity (Wildman–Crippen MR) is 76.1 cm³/mol. The molecular weight excluding hydrogens is 234 g/mol. The molecule has 1 atom stereocenters. The third-order valence-electron chi connectivity index (χ3n) is 4.37. The SMILES string of the molecule is O=C(CC1=CCCCC1)C1CCCc2cccnc21. The fourth-order valence-electron chi connectivity index (χ4n) is 3.34. The van der Waals surface area contributed by atoms with E-state index in [0.717, 1.165) is 37.8 Å². The largest absolute Gasteiger partial charge is 0.299 e. The van der Waals surface area contributed by atoms with Crippen molar-refractivity contribution in [3.8, 4) is 0 Å². The summed E-state index contributed by atoms with van der Waals surface area (Å²) >= 11 is 0. The highest BCUT2D eigenvalue weighted by Gasteiger charge is 2.27. The Labute approximate surface area is 114 Å². The topological polar surface area (TPSA) is 30.0 Å². The molecule has 1 aromatic rings. The molecule has 3 rings (SSSR count). The zero-order valence-corrected chi connectivity index (χ0v) is 11.4. The van der Waals surface area contributed by atoms with E-state index in [1.807, 2.05) is 12.3 Å². The Morgan fingerprint density at radius 2 is 2.21 bits per heavy atom. The molecule has 0 aliphatic heterocycles. The number of nitrogens with zero attached hydrogens (tertiary/aromatic N) is 1. The van der Waals surface area contributed by atoms with Gasteiger partial charge in [-0.2, -0.15) is 0 Å². The van der Waals surface area contributed by atoms with Gasteiger partial charge in [0.15, 0.2) is 0 Å². The van der Waals surface area contributed by atoms with E-state index in [-0.39, 0.29) is 5.92 Å². The van der Waals surface area contributed by atoms with Gasteiger partial charge >= 0.3 is 0 Å². The van der Waals surface area contributed by atoms with Crippen LogP contribution in [0.25, 0.3) is 0 Å². The summed E-state index contributed by atoms with van der Waals surface area (Å²) in [7, 11) is 0. The van der Waals surface area contributed by atoms with Crippen LogP contribution in [0.1, 0.15) is 62.1 Å².